The average molecular weight is 204 g/mol. The number of hydrogen-bond donors (Lipinski definition) is 0. The van der Waals surface area contributed by atoms with Gasteiger partial charge in [-0.15, -0.1) is 0 Å². The quantitative estimate of drug-likeness (QED) is 0.655. The SMILES string of the molecule is CCCO/C(C)=C/C(C)c1ccccc1. The fourth-order valence-electron chi connectivity index (χ4n) is 1.52. The van der Waals surface area contributed by atoms with E-state index in [-0.39, 0.29) is 0 Å². The highest BCUT2D eigenvalue weighted by atomic mass is 16.5. The van der Waals surface area contributed by atoms with E-state index < -0.39 is 0 Å². The predicted molar refractivity (Wildman–Crippen MR) is 64.9 cm³/mol. The third-order valence-corrected chi connectivity index (χ3v) is 2.34. The molecule has 1 heteroatoms. The van der Waals surface area contributed by atoms with Crippen molar-refractivity contribution in [2.75, 3.05) is 6.61 Å². The van der Waals surface area contributed by atoms with Gasteiger partial charge in [0.15, 0.2) is 0 Å². The summed E-state index contributed by atoms with van der Waals surface area (Å²) in [7, 11) is 0. The first-order valence-corrected chi connectivity index (χ1v) is 5.60. The van der Waals surface area contributed by atoms with Crippen molar-refractivity contribution in [3.8, 4) is 0 Å². The largest absolute Gasteiger partial charge is 0.499 e. The van der Waals surface area contributed by atoms with Gasteiger partial charge in [-0.1, -0.05) is 44.2 Å². The molecule has 0 aliphatic carbocycles. The van der Waals surface area contributed by atoms with Gasteiger partial charge in [-0.3, -0.25) is 0 Å². The van der Waals surface area contributed by atoms with Crippen LogP contribution in [0.1, 0.15) is 38.7 Å². The van der Waals surface area contributed by atoms with Crippen LogP contribution in [0.3, 0.4) is 0 Å². The molecular weight excluding hydrogens is 184 g/mol. The van der Waals surface area contributed by atoms with Crippen LogP contribution in [0.15, 0.2) is 42.2 Å². The van der Waals surface area contributed by atoms with Crippen LogP contribution in [-0.4, -0.2) is 6.61 Å². The van der Waals surface area contributed by atoms with E-state index >= 15 is 0 Å². The molecule has 0 aliphatic heterocycles. The lowest BCUT2D eigenvalue weighted by Gasteiger charge is -2.09. The molecule has 0 N–H and O–H groups in total. The van der Waals surface area contributed by atoms with Gasteiger partial charge in [-0.2, -0.15) is 0 Å². The maximum atomic E-state index is 5.54. The summed E-state index contributed by atoms with van der Waals surface area (Å²) in [5.41, 5.74) is 1.33. The Morgan fingerprint density at radius 1 is 1.33 bits per heavy atom. The topological polar surface area (TPSA) is 9.23 Å². The van der Waals surface area contributed by atoms with E-state index in [1.807, 2.05) is 13.0 Å². The molecule has 0 heterocycles. The van der Waals surface area contributed by atoms with Crippen LogP contribution in [0, 0.1) is 0 Å². The molecule has 0 aromatic heterocycles. The maximum absolute atomic E-state index is 5.54. The predicted octanol–water partition coefficient (Wildman–Crippen LogP) is 4.12. The summed E-state index contributed by atoms with van der Waals surface area (Å²) >= 11 is 0. The monoisotopic (exact) mass is 204 g/mol. The van der Waals surface area contributed by atoms with Crippen molar-refractivity contribution >= 4 is 0 Å². The maximum Gasteiger partial charge on any atom is 0.0895 e. The summed E-state index contributed by atoms with van der Waals surface area (Å²) in [6.07, 6.45) is 3.23. The van der Waals surface area contributed by atoms with Crippen molar-refractivity contribution in [2.24, 2.45) is 0 Å². The van der Waals surface area contributed by atoms with Crippen LogP contribution in [-0.2, 0) is 4.74 Å². The van der Waals surface area contributed by atoms with Crippen molar-refractivity contribution in [3.63, 3.8) is 0 Å². The molecule has 1 rings (SSSR count). The molecule has 0 saturated heterocycles. The molecule has 1 nitrogen and oxygen atoms in total. The molecule has 0 radical (unpaired) electrons. The molecule has 0 aliphatic rings. The second-order valence-electron chi connectivity index (χ2n) is 3.83. The second kappa shape index (κ2) is 6.28. The lowest BCUT2D eigenvalue weighted by atomic mass is 10.0. The van der Waals surface area contributed by atoms with Crippen LogP contribution in [0.4, 0.5) is 0 Å². The van der Waals surface area contributed by atoms with E-state index in [1.165, 1.54) is 5.56 Å². The van der Waals surface area contributed by atoms with Gasteiger partial charge in [0.2, 0.25) is 0 Å². The highest BCUT2D eigenvalue weighted by Crippen LogP contribution is 2.17. The summed E-state index contributed by atoms with van der Waals surface area (Å²) < 4.78 is 5.54. The smallest absolute Gasteiger partial charge is 0.0895 e. The number of benzene rings is 1. The first-order chi connectivity index (χ1) is 7.24. The van der Waals surface area contributed by atoms with Crippen molar-refractivity contribution in [1.29, 1.82) is 0 Å². The Morgan fingerprint density at radius 2 is 2.00 bits per heavy atom. The average Bonchev–Trinajstić information content (AvgIpc) is 2.27. The van der Waals surface area contributed by atoms with Crippen LogP contribution in [0.25, 0.3) is 0 Å². The van der Waals surface area contributed by atoms with Gasteiger partial charge >= 0.3 is 0 Å². The standard InChI is InChI=1S/C14H20O/c1-4-10-15-13(3)11-12(2)14-8-6-5-7-9-14/h5-9,11-12H,4,10H2,1-3H3/b13-11+. The van der Waals surface area contributed by atoms with Crippen molar-refractivity contribution in [3.05, 3.63) is 47.7 Å². The Labute approximate surface area is 92.8 Å². The Morgan fingerprint density at radius 3 is 2.60 bits per heavy atom. The van der Waals surface area contributed by atoms with E-state index in [0.717, 1.165) is 18.8 Å². The summed E-state index contributed by atoms with van der Waals surface area (Å²) in [6, 6.07) is 10.5. The first kappa shape index (κ1) is 11.8. The Balaban J connectivity index is 2.58. The zero-order valence-corrected chi connectivity index (χ0v) is 9.86. The fourth-order valence-corrected chi connectivity index (χ4v) is 1.52. The molecule has 1 unspecified atom stereocenters. The molecule has 0 amide bonds. The normalized spacial score (nSPS) is 13.7. The molecule has 1 atom stereocenters. The molecule has 1 aromatic rings. The third-order valence-electron chi connectivity index (χ3n) is 2.34. The van der Waals surface area contributed by atoms with Gasteiger partial charge in [0.05, 0.1) is 12.4 Å². The number of hydrogen-bond acceptors (Lipinski definition) is 1. The van der Waals surface area contributed by atoms with Crippen LogP contribution in [0.5, 0.6) is 0 Å². The van der Waals surface area contributed by atoms with E-state index in [9.17, 15) is 0 Å². The van der Waals surface area contributed by atoms with E-state index in [4.69, 9.17) is 4.74 Å². The summed E-state index contributed by atoms with van der Waals surface area (Å²) in [4.78, 5) is 0. The van der Waals surface area contributed by atoms with Crippen LogP contribution >= 0.6 is 0 Å². The van der Waals surface area contributed by atoms with E-state index in [2.05, 4.69) is 44.2 Å². The highest BCUT2D eigenvalue weighted by Gasteiger charge is 2.01. The number of ether oxygens (including phenoxy) is 1. The van der Waals surface area contributed by atoms with Gasteiger partial charge in [-0.25, -0.2) is 0 Å². The third kappa shape index (κ3) is 4.20. The molecule has 0 fully saturated rings. The zero-order valence-electron chi connectivity index (χ0n) is 9.86. The van der Waals surface area contributed by atoms with Crippen molar-refractivity contribution in [1.82, 2.24) is 0 Å². The minimum absolute atomic E-state index is 0.419. The fraction of sp³-hybridized carbons (Fsp3) is 0.429. The minimum Gasteiger partial charge on any atom is -0.499 e. The van der Waals surface area contributed by atoms with Crippen molar-refractivity contribution < 1.29 is 4.74 Å². The number of allylic oxidation sites excluding steroid dienone is 2. The number of rotatable bonds is 5. The molecule has 82 valence electrons. The zero-order chi connectivity index (χ0) is 11.1. The van der Waals surface area contributed by atoms with Gasteiger partial charge in [0.1, 0.15) is 0 Å². The molecular formula is C14H20O. The van der Waals surface area contributed by atoms with Gasteiger partial charge in [0, 0.05) is 5.92 Å². The summed E-state index contributed by atoms with van der Waals surface area (Å²) in [5.74, 6) is 1.44. The Hall–Kier alpha value is -1.24. The molecule has 0 saturated carbocycles. The lowest BCUT2D eigenvalue weighted by Crippen LogP contribution is -1.94. The Kier molecular flexibility index (Phi) is 4.96. The van der Waals surface area contributed by atoms with Crippen molar-refractivity contribution in [2.45, 2.75) is 33.1 Å². The van der Waals surface area contributed by atoms with Crippen LogP contribution < -0.4 is 0 Å². The van der Waals surface area contributed by atoms with Gasteiger partial charge in [0.25, 0.3) is 0 Å². The van der Waals surface area contributed by atoms with E-state index in [1.54, 1.807) is 0 Å². The van der Waals surface area contributed by atoms with Gasteiger partial charge in [-0.05, 0) is 25.0 Å². The molecule has 1 aromatic carbocycles. The Bertz CT molecular complexity index is 300. The van der Waals surface area contributed by atoms with Gasteiger partial charge < -0.3 is 4.74 Å². The lowest BCUT2D eigenvalue weighted by molar-refractivity contribution is 0.213. The summed E-state index contributed by atoms with van der Waals surface area (Å²) in [5, 5.41) is 0. The summed E-state index contributed by atoms with van der Waals surface area (Å²) in [6.45, 7) is 7.14. The van der Waals surface area contributed by atoms with E-state index in [0.29, 0.717) is 5.92 Å². The minimum atomic E-state index is 0.419. The molecule has 15 heavy (non-hydrogen) atoms. The highest BCUT2D eigenvalue weighted by molar-refractivity contribution is 5.23. The molecule has 0 spiro atoms. The molecule has 0 bridgehead atoms. The van der Waals surface area contributed by atoms with Crippen LogP contribution in [0.2, 0.25) is 0 Å². The first-order valence-electron chi connectivity index (χ1n) is 5.60. The second-order valence-corrected chi connectivity index (χ2v) is 3.83.